The zero-order chi connectivity index (χ0) is 11.5. The second kappa shape index (κ2) is 4.85. The van der Waals surface area contributed by atoms with Crippen molar-refractivity contribution in [1.82, 2.24) is 5.32 Å². The molecule has 2 rings (SSSR count). The van der Waals surface area contributed by atoms with Crippen molar-refractivity contribution in [3.63, 3.8) is 0 Å². The lowest BCUT2D eigenvalue weighted by molar-refractivity contribution is -0.140. The minimum atomic E-state index is -0.746. The number of hydrogen-bond acceptors (Lipinski definition) is 2. The summed E-state index contributed by atoms with van der Waals surface area (Å²) in [6.45, 7) is 0. The first-order valence-corrected chi connectivity index (χ1v) is 6.18. The number of carboxylic acid groups (broad SMARTS) is 1. The van der Waals surface area contributed by atoms with Gasteiger partial charge in [-0.05, 0) is 31.1 Å². The Hall–Kier alpha value is -1.06. The topological polar surface area (TPSA) is 66.4 Å². The Kier molecular flexibility index (Phi) is 3.46. The van der Waals surface area contributed by atoms with Gasteiger partial charge in [0.1, 0.15) is 0 Å². The van der Waals surface area contributed by atoms with Crippen LogP contribution in [0.5, 0.6) is 0 Å². The van der Waals surface area contributed by atoms with Gasteiger partial charge in [0.15, 0.2) is 0 Å². The van der Waals surface area contributed by atoms with Crippen LogP contribution in [-0.4, -0.2) is 23.0 Å². The molecule has 0 radical (unpaired) electrons. The number of carbonyl (C=O) groups is 2. The molecule has 0 aromatic rings. The minimum Gasteiger partial charge on any atom is -0.481 e. The molecule has 1 amide bonds. The first kappa shape index (κ1) is 11.4. The van der Waals surface area contributed by atoms with Crippen LogP contribution in [0.4, 0.5) is 0 Å². The van der Waals surface area contributed by atoms with Crippen molar-refractivity contribution >= 4 is 11.9 Å². The van der Waals surface area contributed by atoms with E-state index in [2.05, 4.69) is 5.32 Å². The van der Waals surface area contributed by atoms with Crippen molar-refractivity contribution in [3.8, 4) is 0 Å². The largest absolute Gasteiger partial charge is 0.481 e. The highest BCUT2D eigenvalue weighted by atomic mass is 16.4. The second-order valence-corrected chi connectivity index (χ2v) is 5.03. The molecule has 2 N–H and O–H groups in total. The quantitative estimate of drug-likeness (QED) is 0.765. The number of rotatable bonds is 3. The zero-order valence-corrected chi connectivity index (χ0v) is 9.45. The lowest BCUT2D eigenvalue weighted by atomic mass is 9.80. The number of carbonyl (C=O) groups excluding carboxylic acids is 1. The van der Waals surface area contributed by atoms with Crippen LogP contribution in [0.2, 0.25) is 0 Å². The Labute approximate surface area is 95.4 Å². The third kappa shape index (κ3) is 2.54. The molecular formula is C12H19NO3. The Morgan fingerprint density at radius 2 is 2.00 bits per heavy atom. The SMILES string of the molecule is O=C(O)C[C@H]1CCC(=O)N[C@@H]1C1CCCC1. The first-order chi connectivity index (χ1) is 7.66. The van der Waals surface area contributed by atoms with E-state index in [-0.39, 0.29) is 24.3 Å². The van der Waals surface area contributed by atoms with Gasteiger partial charge in [0.05, 0.1) is 6.42 Å². The molecule has 4 nitrogen and oxygen atoms in total. The Morgan fingerprint density at radius 3 is 2.62 bits per heavy atom. The molecule has 0 aromatic heterocycles. The number of piperidine rings is 1. The molecule has 1 aliphatic heterocycles. The molecule has 2 fully saturated rings. The Morgan fingerprint density at radius 1 is 1.31 bits per heavy atom. The van der Waals surface area contributed by atoms with E-state index in [0.717, 1.165) is 19.3 Å². The van der Waals surface area contributed by atoms with E-state index < -0.39 is 5.97 Å². The highest BCUT2D eigenvalue weighted by Gasteiger charge is 2.36. The normalized spacial score (nSPS) is 31.4. The molecule has 1 saturated heterocycles. The highest BCUT2D eigenvalue weighted by molar-refractivity contribution is 5.77. The number of carboxylic acids is 1. The summed E-state index contributed by atoms with van der Waals surface area (Å²) >= 11 is 0. The van der Waals surface area contributed by atoms with Gasteiger partial charge in [-0.3, -0.25) is 9.59 Å². The molecule has 2 aliphatic rings. The van der Waals surface area contributed by atoms with Gasteiger partial charge in [-0.1, -0.05) is 12.8 Å². The fraction of sp³-hybridized carbons (Fsp3) is 0.833. The average Bonchev–Trinajstić information content (AvgIpc) is 2.73. The molecule has 0 unspecified atom stereocenters. The molecule has 1 saturated carbocycles. The van der Waals surface area contributed by atoms with E-state index in [1.165, 1.54) is 12.8 Å². The summed E-state index contributed by atoms with van der Waals surface area (Å²) in [7, 11) is 0. The molecule has 0 bridgehead atoms. The third-order valence-electron chi connectivity index (χ3n) is 3.92. The summed E-state index contributed by atoms with van der Waals surface area (Å²) in [6.07, 6.45) is 6.14. The number of hydrogen-bond donors (Lipinski definition) is 2. The maximum atomic E-state index is 11.4. The summed E-state index contributed by atoms with van der Waals surface area (Å²) in [6, 6.07) is 0.111. The fourth-order valence-electron chi connectivity index (χ4n) is 3.14. The van der Waals surface area contributed by atoms with Crippen LogP contribution < -0.4 is 5.32 Å². The fourth-order valence-corrected chi connectivity index (χ4v) is 3.14. The number of amides is 1. The summed E-state index contributed by atoms with van der Waals surface area (Å²) < 4.78 is 0. The van der Waals surface area contributed by atoms with Crippen molar-refractivity contribution in [2.45, 2.75) is 51.0 Å². The Balaban J connectivity index is 2.02. The predicted octanol–water partition coefficient (Wildman–Crippen LogP) is 1.55. The lowest BCUT2D eigenvalue weighted by Crippen LogP contribution is -2.49. The van der Waals surface area contributed by atoms with Gasteiger partial charge in [0.2, 0.25) is 5.91 Å². The average molecular weight is 225 g/mol. The van der Waals surface area contributed by atoms with Crippen LogP contribution in [0.15, 0.2) is 0 Å². The third-order valence-corrected chi connectivity index (χ3v) is 3.92. The van der Waals surface area contributed by atoms with E-state index in [9.17, 15) is 9.59 Å². The maximum absolute atomic E-state index is 11.4. The van der Waals surface area contributed by atoms with Crippen LogP contribution >= 0.6 is 0 Å². The van der Waals surface area contributed by atoms with E-state index in [0.29, 0.717) is 12.3 Å². The van der Waals surface area contributed by atoms with Crippen molar-refractivity contribution < 1.29 is 14.7 Å². The molecule has 0 spiro atoms. The summed E-state index contributed by atoms with van der Waals surface area (Å²) in [4.78, 5) is 22.2. The molecule has 0 aromatic carbocycles. The smallest absolute Gasteiger partial charge is 0.303 e. The molecule has 1 aliphatic carbocycles. The molecule has 4 heteroatoms. The van der Waals surface area contributed by atoms with Crippen LogP contribution in [0.3, 0.4) is 0 Å². The zero-order valence-electron chi connectivity index (χ0n) is 9.45. The van der Waals surface area contributed by atoms with Crippen molar-refractivity contribution in [2.24, 2.45) is 11.8 Å². The lowest BCUT2D eigenvalue weighted by Gasteiger charge is -2.35. The van der Waals surface area contributed by atoms with Crippen molar-refractivity contribution in [1.29, 1.82) is 0 Å². The summed E-state index contributed by atoms with van der Waals surface area (Å²) in [5.74, 6) is -0.00501. The highest BCUT2D eigenvalue weighted by Crippen LogP contribution is 2.35. The van der Waals surface area contributed by atoms with Gasteiger partial charge in [-0.25, -0.2) is 0 Å². The van der Waals surface area contributed by atoms with Gasteiger partial charge < -0.3 is 10.4 Å². The van der Waals surface area contributed by atoms with Gasteiger partial charge in [0, 0.05) is 12.5 Å². The van der Waals surface area contributed by atoms with Crippen LogP contribution in [0, 0.1) is 11.8 Å². The van der Waals surface area contributed by atoms with Crippen molar-refractivity contribution in [2.75, 3.05) is 0 Å². The molecule has 90 valence electrons. The first-order valence-electron chi connectivity index (χ1n) is 6.18. The molecular weight excluding hydrogens is 206 g/mol. The monoisotopic (exact) mass is 225 g/mol. The van der Waals surface area contributed by atoms with Crippen LogP contribution in [0.1, 0.15) is 44.9 Å². The minimum absolute atomic E-state index is 0.0959. The summed E-state index contributed by atoms with van der Waals surface area (Å²) in [5, 5.41) is 11.9. The second-order valence-electron chi connectivity index (χ2n) is 5.03. The van der Waals surface area contributed by atoms with E-state index in [1.54, 1.807) is 0 Å². The number of nitrogens with one attached hydrogen (secondary N) is 1. The molecule has 2 atom stereocenters. The van der Waals surface area contributed by atoms with E-state index in [4.69, 9.17) is 5.11 Å². The van der Waals surface area contributed by atoms with Gasteiger partial charge >= 0.3 is 5.97 Å². The molecule has 16 heavy (non-hydrogen) atoms. The molecule has 1 heterocycles. The summed E-state index contributed by atoms with van der Waals surface area (Å²) in [5.41, 5.74) is 0. The van der Waals surface area contributed by atoms with Crippen molar-refractivity contribution in [3.05, 3.63) is 0 Å². The van der Waals surface area contributed by atoms with Crippen LogP contribution in [-0.2, 0) is 9.59 Å². The number of aliphatic carboxylic acids is 1. The van der Waals surface area contributed by atoms with E-state index in [1.807, 2.05) is 0 Å². The maximum Gasteiger partial charge on any atom is 0.303 e. The van der Waals surface area contributed by atoms with Gasteiger partial charge in [-0.15, -0.1) is 0 Å². The Bertz CT molecular complexity index is 284. The van der Waals surface area contributed by atoms with Gasteiger partial charge in [-0.2, -0.15) is 0 Å². The predicted molar refractivity (Wildman–Crippen MR) is 58.9 cm³/mol. The van der Waals surface area contributed by atoms with Crippen LogP contribution in [0.25, 0.3) is 0 Å². The standard InChI is InChI=1S/C12H19NO3/c14-10-6-5-9(7-11(15)16)12(13-10)8-3-1-2-4-8/h8-9,12H,1-7H2,(H,13,14)(H,15,16)/t9-,12-/m1/s1. The van der Waals surface area contributed by atoms with E-state index >= 15 is 0 Å². The van der Waals surface area contributed by atoms with Gasteiger partial charge in [0.25, 0.3) is 0 Å².